The Hall–Kier alpha value is -2.66. The number of carbonyl (C=O) groups is 2. The standard InChI is InChI=1S/C24H28N2O3/c27-17-19(28)9-3-1-2-8-16-25-22-12-6-7-13-23(22)26(18-14-15-18)21-11-5-4-10-20(21)24(25)29/h4-7,10-13,18,27H,1-3,8-9,14-17H2. The molecular formula is C24H28N2O3. The molecule has 29 heavy (non-hydrogen) atoms. The molecule has 0 bridgehead atoms. The van der Waals surface area contributed by atoms with E-state index in [-0.39, 0.29) is 18.3 Å². The summed E-state index contributed by atoms with van der Waals surface area (Å²) in [6, 6.07) is 16.6. The number of amides is 1. The summed E-state index contributed by atoms with van der Waals surface area (Å²) in [5.41, 5.74) is 3.87. The van der Waals surface area contributed by atoms with E-state index in [4.69, 9.17) is 5.11 Å². The molecule has 1 aliphatic heterocycles. The number of anilines is 3. The van der Waals surface area contributed by atoms with Crippen LogP contribution in [0.5, 0.6) is 0 Å². The lowest BCUT2D eigenvalue weighted by molar-refractivity contribution is -0.121. The van der Waals surface area contributed by atoms with E-state index >= 15 is 0 Å². The Morgan fingerprint density at radius 1 is 0.897 bits per heavy atom. The Morgan fingerprint density at radius 2 is 1.55 bits per heavy atom. The summed E-state index contributed by atoms with van der Waals surface area (Å²) >= 11 is 0. The molecule has 2 aromatic carbocycles. The second-order valence-electron chi connectivity index (χ2n) is 7.92. The number of fused-ring (bicyclic) bond motifs is 2. The van der Waals surface area contributed by atoms with Crippen LogP contribution in [0.4, 0.5) is 17.1 Å². The topological polar surface area (TPSA) is 60.9 Å². The molecule has 0 saturated heterocycles. The SMILES string of the molecule is O=C(CO)CCCCCCN1C(=O)c2ccccc2N(C2CC2)c2ccccc21. The van der Waals surface area contributed by atoms with Gasteiger partial charge in [-0.05, 0) is 49.9 Å². The minimum atomic E-state index is -0.365. The molecule has 1 saturated carbocycles. The summed E-state index contributed by atoms with van der Waals surface area (Å²) in [4.78, 5) is 28.9. The third-order valence-electron chi connectivity index (χ3n) is 5.75. The Balaban J connectivity index is 1.53. The number of hydrogen-bond donors (Lipinski definition) is 1. The van der Waals surface area contributed by atoms with Crippen LogP contribution in [-0.2, 0) is 4.79 Å². The number of para-hydroxylation sites is 3. The van der Waals surface area contributed by atoms with E-state index < -0.39 is 0 Å². The first-order chi connectivity index (χ1) is 14.2. The van der Waals surface area contributed by atoms with Gasteiger partial charge in [0.25, 0.3) is 5.91 Å². The number of aliphatic hydroxyl groups excluding tert-OH is 1. The first kappa shape index (κ1) is 19.6. The van der Waals surface area contributed by atoms with E-state index in [1.165, 1.54) is 0 Å². The zero-order chi connectivity index (χ0) is 20.2. The van der Waals surface area contributed by atoms with Gasteiger partial charge >= 0.3 is 0 Å². The molecule has 2 aliphatic rings. The van der Waals surface area contributed by atoms with Crippen molar-refractivity contribution in [3.8, 4) is 0 Å². The van der Waals surface area contributed by atoms with Crippen molar-refractivity contribution in [1.82, 2.24) is 0 Å². The van der Waals surface area contributed by atoms with Gasteiger partial charge in [-0.1, -0.05) is 37.1 Å². The average molecular weight is 392 g/mol. The molecular weight excluding hydrogens is 364 g/mol. The van der Waals surface area contributed by atoms with Crippen LogP contribution >= 0.6 is 0 Å². The van der Waals surface area contributed by atoms with Gasteiger partial charge in [0.15, 0.2) is 5.78 Å². The van der Waals surface area contributed by atoms with Gasteiger partial charge in [-0.3, -0.25) is 9.59 Å². The molecule has 152 valence electrons. The van der Waals surface area contributed by atoms with Gasteiger partial charge in [0.05, 0.1) is 22.6 Å². The molecule has 1 heterocycles. The lowest BCUT2D eigenvalue weighted by atomic mass is 10.1. The lowest BCUT2D eigenvalue weighted by Gasteiger charge is -2.27. The zero-order valence-electron chi connectivity index (χ0n) is 16.7. The summed E-state index contributed by atoms with van der Waals surface area (Å²) in [6.07, 6.45) is 6.32. The molecule has 1 fully saturated rings. The maximum absolute atomic E-state index is 13.5. The Morgan fingerprint density at radius 3 is 2.28 bits per heavy atom. The number of aliphatic hydroxyl groups is 1. The minimum absolute atomic E-state index is 0.0617. The average Bonchev–Trinajstić information content (AvgIpc) is 3.59. The number of benzene rings is 2. The van der Waals surface area contributed by atoms with Gasteiger partial charge in [-0.15, -0.1) is 0 Å². The lowest BCUT2D eigenvalue weighted by Crippen LogP contribution is -2.31. The predicted octanol–water partition coefficient (Wildman–Crippen LogP) is 4.46. The van der Waals surface area contributed by atoms with E-state index in [1.807, 2.05) is 35.2 Å². The first-order valence-electron chi connectivity index (χ1n) is 10.6. The number of unbranched alkanes of at least 4 members (excludes halogenated alkanes) is 3. The minimum Gasteiger partial charge on any atom is -0.389 e. The number of hydrogen-bond acceptors (Lipinski definition) is 4. The molecule has 0 unspecified atom stereocenters. The highest BCUT2D eigenvalue weighted by molar-refractivity contribution is 6.14. The molecule has 0 aromatic heterocycles. The Labute approximate surface area is 171 Å². The quantitative estimate of drug-likeness (QED) is 0.640. The van der Waals surface area contributed by atoms with Crippen molar-refractivity contribution in [2.45, 2.75) is 51.0 Å². The van der Waals surface area contributed by atoms with Crippen molar-refractivity contribution in [2.24, 2.45) is 0 Å². The van der Waals surface area contributed by atoms with Crippen LogP contribution < -0.4 is 9.80 Å². The third-order valence-corrected chi connectivity index (χ3v) is 5.75. The Bertz CT molecular complexity index is 891. The van der Waals surface area contributed by atoms with Crippen LogP contribution in [0.2, 0.25) is 0 Å². The van der Waals surface area contributed by atoms with Gasteiger partial charge in [-0.2, -0.15) is 0 Å². The summed E-state index contributed by atoms with van der Waals surface area (Å²) in [6.45, 7) is 0.298. The molecule has 1 amide bonds. The second kappa shape index (κ2) is 8.78. The van der Waals surface area contributed by atoms with Gasteiger partial charge in [0, 0.05) is 19.0 Å². The maximum Gasteiger partial charge on any atom is 0.260 e. The van der Waals surface area contributed by atoms with Crippen LogP contribution in [-0.4, -0.2) is 36.0 Å². The number of rotatable bonds is 9. The monoisotopic (exact) mass is 392 g/mol. The zero-order valence-corrected chi connectivity index (χ0v) is 16.7. The highest BCUT2D eigenvalue weighted by Gasteiger charge is 2.37. The largest absolute Gasteiger partial charge is 0.389 e. The van der Waals surface area contributed by atoms with Crippen molar-refractivity contribution < 1.29 is 14.7 Å². The molecule has 2 aromatic rings. The highest BCUT2D eigenvalue weighted by Crippen LogP contribution is 2.46. The van der Waals surface area contributed by atoms with Crippen LogP contribution in [0.3, 0.4) is 0 Å². The van der Waals surface area contributed by atoms with E-state index in [9.17, 15) is 9.59 Å². The van der Waals surface area contributed by atoms with E-state index in [2.05, 4.69) is 23.1 Å². The van der Waals surface area contributed by atoms with E-state index in [1.54, 1.807) is 0 Å². The predicted molar refractivity (Wildman–Crippen MR) is 115 cm³/mol. The second-order valence-corrected chi connectivity index (χ2v) is 7.92. The first-order valence-corrected chi connectivity index (χ1v) is 10.6. The fraction of sp³-hybridized carbons (Fsp3) is 0.417. The summed E-state index contributed by atoms with van der Waals surface area (Å²) in [5, 5.41) is 8.80. The summed E-state index contributed by atoms with van der Waals surface area (Å²) in [5.74, 6) is -0.0370. The molecule has 5 nitrogen and oxygen atoms in total. The number of ketones is 1. The number of Topliss-reactive ketones (excluding diaryl/α,β-unsaturated/α-hetero) is 1. The van der Waals surface area contributed by atoms with Crippen molar-refractivity contribution in [3.05, 3.63) is 54.1 Å². The van der Waals surface area contributed by atoms with Crippen molar-refractivity contribution in [3.63, 3.8) is 0 Å². The molecule has 0 radical (unpaired) electrons. The van der Waals surface area contributed by atoms with E-state index in [0.717, 1.165) is 61.2 Å². The van der Waals surface area contributed by atoms with Crippen molar-refractivity contribution in [2.75, 3.05) is 23.0 Å². The third kappa shape index (κ3) is 4.20. The van der Waals surface area contributed by atoms with Gasteiger partial charge in [0.2, 0.25) is 0 Å². The van der Waals surface area contributed by atoms with Gasteiger partial charge in [0.1, 0.15) is 6.61 Å². The van der Waals surface area contributed by atoms with Crippen molar-refractivity contribution >= 4 is 28.8 Å². The van der Waals surface area contributed by atoms with E-state index in [0.29, 0.717) is 19.0 Å². The molecule has 1 aliphatic carbocycles. The fourth-order valence-corrected chi connectivity index (χ4v) is 4.12. The summed E-state index contributed by atoms with van der Waals surface area (Å²) < 4.78 is 0. The van der Waals surface area contributed by atoms with Crippen LogP contribution in [0.1, 0.15) is 55.3 Å². The normalized spacial score (nSPS) is 15.7. The van der Waals surface area contributed by atoms with Gasteiger partial charge < -0.3 is 14.9 Å². The molecule has 1 N–H and O–H groups in total. The highest BCUT2D eigenvalue weighted by atomic mass is 16.3. The van der Waals surface area contributed by atoms with Crippen LogP contribution in [0.15, 0.2) is 48.5 Å². The van der Waals surface area contributed by atoms with Crippen LogP contribution in [0.25, 0.3) is 0 Å². The van der Waals surface area contributed by atoms with Crippen LogP contribution in [0, 0.1) is 0 Å². The Kier molecular flexibility index (Phi) is 5.95. The molecule has 5 heteroatoms. The van der Waals surface area contributed by atoms with Crippen molar-refractivity contribution in [1.29, 1.82) is 0 Å². The molecule has 0 spiro atoms. The number of carbonyl (C=O) groups excluding carboxylic acids is 2. The molecule has 0 atom stereocenters. The maximum atomic E-state index is 13.5. The summed E-state index contributed by atoms with van der Waals surface area (Å²) in [7, 11) is 0. The smallest absolute Gasteiger partial charge is 0.260 e. The fourth-order valence-electron chi connectivity index (χ4n) is 4.12. The number of nitrogens with zero attached hydrogens (tertiary/aromatic N) is 2. The molecule has 4 rings (SSSR count). The van der Waals surface area contributed by atoms with Gasteiger partial charge in [-0.25, -0.2) is 0 Å².